The van der Waals surface area contributed by atoms with E-state index in [0.717, 1.165) is 40.7 Å². The van der Waals surface area contributed by atoms with Crippen LogP contribution in [0.2, 0.25) is 5.15 Å². The first-order chi connectivity index (χ1) is 14.1. The molecule has 0 spiro atoms. The Hall–Kier alpha value is -2.27. The molecule has 0 aliphatic carbocycles. The fourth-order valence-corrected chi connectivity index (χ4v) is 5.75. The minimum atomic E-state index is 0.0493. The number of nitrogens with one attached hydrogen (secondary N) is 2. The number of H-pyrrole nitrogens is 1. The maximum absolute atomic E-state index is 10.5. The number of halogens is 1. The zero-order valence-electron chi connectivity index (χ0n) is 15.5. The number of aromatic hydroxyl groups is 1. The first-order valence-electron chi connectivity index (χ1n) is 9.19. The van der Waals surface area contributed by atoms with Crippen LogP contribution in [0.1, 0.15) is 12.8 Å². The van der Waals surface area contributed by atoms with E-state index < -0.39 is 0 Å². The predicted octanol–water partition coefficient (Wildman–Crippen LogP) is 3.75. The van der Waals surface area contributed by atoms with Crippen LogP contribution in [0.4, 0.5) is 5.13 Å². The number of hydrogen-bond donors (Lipinski definition) is 3. The van der Waals surface area contributed by atoms with Gasteiger partial charge in [0, 0.05) is 30.4 Å². The Morgan fingerprint density at radius 2 is 1.97 bits per heavy atom. The number of piperidine rings is 1. The van der Waals surface area contributed by atoms with Gasteiger partial charge in [-0.1, -0.05) is 34.3 Å². The summed E-state index contributed by atoms with van der Waals surface area (Å²) >= 11 is 9.08. The Kier molecular flexibility index (Phi) is 4.86. The van der Waals surface area contributed by atoms with E-state index in [0.29, 0.717) is 33.0 Å². The molecule has 1 aliphatic heterocycles. The summed E-state index contributed by atoms with van der Waals surface area (Å²) in [7, 11) is 2.10. The molecule has 8 nitrogen and oxygen atoms in total. The third-order valence-corrected chi connectivity index (χ3v) is 7.51. The lowest BCUT2D eigenvalue weighted by Gasteiger charge is -2.31. The van der Waals surface area contributed by atoms with Crippen LogP contribution in [0.15, 0.2) is 18.5 Å². The van der Waals surface area contributed by atoms with Crippen LogP contribution in [0, 0.1) is 0 Å². The number of hydrogen-bond acceptors (Lipinski definition) is 9. The summed E-state index contributed by atoms with van der Waals surface area (Å²) in [5, 5.41) is 22.5. The standard InChI is InChI=1S/C18H18ClN7OS2/c1-26(10-2-4-20-5-3-10)18-24-17-16(29-18)23-15(28-17)13-12(27)6-9(7-21-13)11-8-22-25-14(11)19/h6-8,10,20,27H,2-5H2,1H3,(H,22,25). The highest BCUT2D eigenvalue weighted by Crippen LogP contribution is 2.39. The molecule has 4 aromatic heterocycles. The summed E-state index contributed by atoms with van der Waals surface area (Å²) in [6.45, 7) is 2.09. The van der Waals surface area contributed by atoms with Crippen molar-refractivity contribution in [2.24, 2.45) is 0 Å². The maximum Gasteiger partial charge on any atom is 0.188 e. The number of aromatic amines is 1. The number of fused-ring (bicyclic) bond motifs is 1. The Balaban J connectivity index is 1.42. The minimum Gasteiger partial charge on any atom is -0.506 e. The first kappa shape index (κ1) is 18.7. The molecule has 29 heavy (non-hydrogen) atoms. The van der Waals surface area contributed by atoms with Crippen LogP contribution >= 0.6 is 34.3 Å². The molecule has 1 fully saturated rings. The normalized spacial score (nSPS) is 15.2. The van der Waals surface area contributed by atoms with E-state index in [4.69, 9.17) is 16.6 Å². The third kappa shape index (κ3) is 3.46. The smallest absolute Gasteiger partial charge is 0.188 e. The molecule has 4 aromatic rings. The van der Waals surface area contributed by atoms with E-state index in [-0.39, 0.29) is 5.75 Å². The fourth-order valence-electron chi connectivity index (χ4n) is 3.47. The zero-order chi connectivity index (χ0) is 20.0. The summed E-state index contributed by atoms with van der Waals surface area (Å²) in [5.74, 6) is 0.0493. The van der Waals surface area contributed by atoms with E-state index in [1.54, 1.807) is 29.8 Å². The summed E-state index contributed by atoms with van der Waals surface area (Å²) in [6, 6.07) is 2.13. The molecular weight excluding hydrogens is 430 g/mol. The quantitative estimate of drug-likeness (QED) is 0.437. The van der Waals surface area contributed by atoms with Gasteiger partial charge in [-0.25, -0.2) is 15.0 Å². The second-order valence-electron chi connectivity index (χ2n) is 6.91. The van der Waals surface area contributed by atoms with Gasteiger partial charge in [0.2, 0.25) is 0 Å². The lowest BCUT2D eigenvalue weighted by molar-refractivity contribution is 0.443. The summed E-state index contributed by atoms with van der Waals surface area (Å²) in [4.78, 5) is 17.8. The summed E-state index contributed by atoms with van der Waals surface area (Å²) in [5.41, 5.74) is 1.82. The Labute approximate surface area is 179 Å². The van der Waals surface area contributed by atoms with Crippen molar-refractivity contribution in [1.29, 1.82) is 0 Å². The lowest BCUT2D eigenvalue weighted by atomic mass is 10.1. The second-order valence-corrected chi connectivity index (χ2v) is 9.22. The van der Waals surface area contributed by atoms with Gasteiger partial charge in [0.1, 0.15) is 21.6 Å². The molecule has 0 unspecified atom stereocenters. The highest BCUT2D eigenvalue weighted by molar-refractivity contribution is 7.29. The molecule has 150 valence electrons. The predicted molar refractivity (Wildman–Crippen MR) is 117 cm³/mol. The molecule has 0 saturated carbocycles. The van der Waals surface area contributed by atoms with Gasteiger partial charge in [-0.2, -0.15) is 5.10 Å². The van der Waals surface area contributed by atoms with E-state index >= 15 is 0 Å². The number of thiazole rings is 2. The number of anilines is 1. The average Bonchev–Trinajstić information content (AvgIpc) is 3.42. The van der Waals surface area contributed by atoms with Crippen LogP contribution in [-0.4, -0.2) is 56.4 Å². The van der Waals surface area contributed by atoms with E-state index in [1.807, 2.05) is 0 Å². The van der Waals surface area contributed by atoms with E-state index in [2.05, 4.69) is 37.4 Å². The van der Waals surface area contributed by atoms with Gasteiger partial charge in [-0.3, -0.25) is 5.10 Å². The second kappa shape index (κ2) is 7.52. The monoisotopic (exact) mass is 447 g/mol. The van der Waals surface area contributed by atoms with Crippen molar-refractivity contribution in [2.45, 2.75) is 18.9 Å². The van der Waals surface area contributed by atoms with Crippen molar-refractivity contribution in [2.75, 3.05) is 25.0 Å². The van der Waals surface area contributed by atoms with Crippen molar-refractivity contribution in [3.05, 3.63) is 23.6 Å². The number of pyridine rings is 1. The molecule has 0 amide bonds. The molecule has 0 bridgehead atoms. The van der Waals surface area contributed by atoms with E-state index in [9.17, 15) is 5.11 Å². The van der Waals surface area contributed by atoms with Crippen molar-refractivity contribution >= 4 is 49.1 Å². The zero-order valence-corrected chi connectivity index (χ0v) is 17.9. The van der Waals surface area contributed by atoms with Crippen molar-refractivity contribution < 1.29 is 5.11 Å². The molecule has 1 aliphatic rings. The van der Waals surface area contributed by atoms with Gasteiger partial charge in [0.25, 0.3) is 0 Å². The molecular formula is C18H18ClN7OS2. The SMILES string of the molecule is CN(c1nc2sc(-c3ncc(-c4cn[nH]c4Cl)cc3O)nc2s1)C1CCNCC1. The van der Waals surface area contributed by atoms with Gasteiger partial charge in [0.15, 0.2) is 14.8 Å². The molecule has 5 rings (SSSR count). The molecule has 5 heterocycles. The molecule has 0 atom stereocenters. The van der Waals surface area contributed by atoms with Gasteiger partial charge >= 0.3 is 0 Å². The van der Waals surface area contributed by atoms with Crippen LogP contribution in [0.5, 0.6) is 5.75 Å². The Morgan fingerprint density at radius 1 is 1.17 bits per heavy atom. The number of nitrogens with zero attached hydrogens (tertiary/aromatic N) is 5. The van der Waals surface area contributed by atoms with Crippen molar-refractivity contribution in [3.63, 3.8) is 0 Å². The maximum atomic E-state index is 10.5. The van der Waals surface area contributed by atoms with Crippen LogP contribution in [-0.2, 0) is 0 Å². The van der Waals surface area contributed by atoms with Crippen molar-refractivity contribution in [1.82, 2.24) is 30.5 Å². The Morgan fingerprint density at radius 3 is 2.66 bits per heavy atom. The molecule has 1 saturated heterocycles. The highest BCUT2D eigenvalue weighted by Gasteiger charge is 2.23. The van der Waals surface area contributed by atoms with Crippen LogP contribution in [0.25, 0.3) is 31.5 Å². The third-order valence-electron chi connectivity index (χ3n) is 5.10. The van der Waals surface area contributed by atoms with Gasteiger partial charge in [-0.15, -0.1) is 0 Å². The molecule has 0 radical (unpaired) electrons. The molecule has 3 N–H and O–H groups in total. The van der Waals surface area contributed by atoms with Crippen LogP contribution < -0.4 is 10.2 Å². The number of rotatable bonds is 4. The Bertz CT molecular complexity index is 1130. The largest absolute Gasteiger partial charge is 0.506 e. The summed E-state index contributed by atoms with van der Waals surface area (Å²) < 4.78 is 0. The molecule has 11 heteroatoms. The lowest BCUT2D eigenvalue weighted by Crippen LogP contribution is -2.41. The van der Waals surface area contributed by atoms with Gasteiger partial charge in [-0.05, 0) is 32.0 Å². The van der Waals surface area contributed by atoms with Crippen LogP contribution in [0.3, 0.4) is 0 Å². The van der Waals surface area contributed by atoms with Gasteiger partial charge in [0.05, 0.1) is 6.20 Å². The highest BCUT2D eigenvalue weighted by atomic mass is 35.5. The number of aromatic nitrogens is 5. The first-order valence-corrected chi connectivity index (χ1v) is 11.2. The topological polar surface area (TPSA) is 103 Å². The fraction of sp³-hybridized carbons (Fsp3) is 0.333. The minimum absolute atomic E-state index is 0.0493. The van der Waals surface area contributed by atoms with Crippen molar-refractivity contribution in [3.8, 4) is 27.6 Å². The van der Waals surface area contributed by atoms with E-state index in [1.165, 1.54) is 11.3 Å². The average molecular weight is 448 g/mol. The van der Waals surface area contributed by atoms with Gasteiger partial charge < -0.3 is 15.3 Å². The summed E-state index contributed by atoms with van der Waals surface area (Å²) in [6.07, 6.45) is 5.49. The molecule has 0 aromatic carbocycles.